The van der Waals surface area contributed by atoms with Gasteiger partial charge in [-0.2, -0.15) is 0 Å². The molecule has 1 atom stereocenters. The number of thiazole rings is 1. The molecule has 0 bridgehead atoms. The van der Waals surface area contributed by atoms with Crippen molar-refractivity contribution in [1.82, 2.24) is 20.3 Å². The van der Waals surface area contributed by atoms with Gasteiger partial charge in [-0.25, -0.2) is 15.0 Å². The van der Waals surface area contributed by atoms with Crippen molar-refractivity contribution in [3.05, 3.63) is 29.5 Å². The van der Waals surface area contributed by atoms with Crippen molar-refractivity contribution in [3.8, 4) is 10.8 Å². The van der Waals surface area contributed by atoms with Gasteiger partial charge in [0.05, 0.1) is 12.1 Å². The van der Waals surface area contributed by atoms with Crippen molar-refractivity contribution in [2.24, 2.45) is 5.92 Å². The van der Waals surface area contributed by atoms with Crippen LogP contribution in [-0.2, 0) is 11.2 Å². The lowest BCUT2D eigenvalue weighted by atomic mass is 9.99. The Balaban J connectivity index is 1.83. The fraction of sp³-hybridized carbons (Fsp3) is 0.529. The van der Waals surface area contributed by atoms with Crippen molar-refractivity contribution in [2.75, 3.05) is 6.54 Å². The minimum absolute atomic E-state index is 0.0331. The third-order valence-corrected chi connectivity index (χ3v) is 4.67. The summed E-state index contributed by atoms with van der Waals surface area (Å²) in [5.74, 6) is 1.21. The summed E-state index contributed by atoms with van der Waals surface area (Å²) >= 11 is 1.47. The Morgan fingerprint density at radius 2 is 2.09 bits per heavy atom. The Kier molecular flexibility index (Phi) is 7.13. The van der Waals surface area contributed by atoms with Crippen LogP contribution in [0, 0.1) is 5.92 Å². The molecule has 23 heavy (non-hydrogen) atoms. The lowest BCUT2D eigenvalue weighted by molar-refractivity contribution is -0.120. The van der Waals surface area contributed by atoms with Crippen LogP contribution in [0.15, 0.2) is 23.8 Å². The first-order valence-electron chi connectivity index (χ1n) is 8.21. The number of hydrogen-bond donors (Lipinski definition) is 1. The van der Waals surface area contributed by atoms with Crippen LogP contribution in [0.2, 0.25) is 0 Å². The molecular weight excluding hydrogens is 308 g/mol. The SMILES string of the molecule is CCCC[C@H](CC)CNC(=O)Cc1csc(-c2ncccn2)n1. The summed E-state index contributed by atoms with van der Waals surface area (Å²) in [6.07, 6.45) is 8.41. The summed E-state index contributed by atoms with van der Waals surface area (Å²) in [4.78, 5) is 24.9. The molecule has 2 rings (SSSR count). The maximum Gasteiger partial charge on any atom is 0.226 e. The highest BCUT2D eigenvalue weighted by Gasteiger charge is 2.12. The summed E-state index contributed by atoms with van der Waals surface area (Å²) in [5.41, 5.74) is 0.775. The van der Waals surface area contributed by atoms with E-state index in [4.69, 9.17) is 0 Å². The number of aromatic nitrogens is 3. The Morgan fingerprint density at radius 1 is 1.30 bits per heavy atom. The summed E-state index contributed by atoms with van der Waals surface area (Å²) in [6, 6.07) is 1.77. The maximum absolute atomic E-state index is 12.1. The molecule has 0 fully saturated rings. The Hall–Kier alpha value is -1.82. The molecule has 0 aliphatic carbocycles. The van der Waals surface area contributed by atoms with E-state index in [1.54, 1.807) is 18.5 Å². The number of hydrogen-bond acceptors (Lipinski definition) is 5. The summed E-state index contributed by atoms with van der Waals surface area (Å²) in [6.45, 7) is 5.13. The molecule has 2 heterocycles. The molecule has 0 aliphatic rings. The minimum atomic E-state index is 0.0331. The van der Waals surface area contributed by atoms with Gasteiger partial charge in [0, 0.05) is 24.3 Å². The van der Waals surface area contributed by atoms with Gasteiger partial charge in [0.1, 0.15) is 0 Å². The van der Waals surface area contributed by atoms with Crippen LogP contribution in [0.25, 0.3) is 10.8 Å². The van der Waals surface area contributed by atoms with Gasteiger partial charge in [-0.15, -0.1) is 11.3 Å². The van der Waals surface area contributed by atoms with Gasteiger partial charge >= 0.3 is 0 Å². The number of nitrogens with zero attached hydrogens (tertiary/aromatic N) is 3. The molecule has 5 nitrogen and oxygen atoms in total. The molecule has 0 saturated carbocycles. The van der Waals surface area contributed by atoms with E-state index in [9.17, 15) is 4.79 Å². The fourth-order valence-corrected chi connectivity index (χ4v) is 3.09. The van der Waals surface area contributed by atoms with E-state index < -0.39 is 0 Å². The Bertz CT molecular complexity index is 600. The largest absolute Gasteiger partial charge is 0.355 e. The number of carbonyl (C=O) groups excluding carboxylic acids is 1. The van der Waals surface area contributed by atoms with Crippen molar-refractivity contribution < 1.29 is 4.79 Å². The first-order valence-corrected chi connectivity index (χ1v) is 9.09. The van der Waals surface area contributed by atoms with Gasteiger partial charge in [0.25, 0.3) is 0 Å². The minimum Gasteiger partial charge on any atom is -0.355 e. The van der Waals surface area contributed by atoms with E-state index >= 15 is 0 Å². The van der Waals surface area contributed by atoms with Gasteiger partial charge in [0.15, 0.2) is 10.8 Å². The van der Waals surface area contributed by atoms with E-state index in [2.05, 4.69) is 34.1 Å². The fourth-order valence-electron chi connectivity index (χ4n) is 2.33. The molecule has 0 spiro atoms. The third kappa shape index (κ3) is 5.71. The van der Waals surface area contributed by atoms with Crippen LogP contribution < -0.4 is 5.32 Å². The second-order valence-electron chi connectivity index (χ2n) is 5.61. The van der Waals surface area contributed by atoms with Crippen LogP contribution >= 0.6 is 11.3 Å². The van der Waals surface area contributed by atoms with E-state index in [-0.39, 0.29) is 5.91 Å². The molecule has 0 aliphatic heterocycles. The first-order chi connectivity index (χ1) is 11.2. The highest BCUT2D eigenvalue weighted by Crippen LogP contribution is 2.19. The Morgan fingerprint density at radius 3 is 2.78 bits per heavy atom. The third-order valence-electron chi connectivity index (χ3n) is 3.78. The van der Waals surface area contributed by atoms with Crippen molar-refractivity contribution in [3.63, 3.8) is 0 Å². The van der Waals surface area contributed by atoms with Gasteiger partial charge in [-0.3, -0.25) is 4.79 Å². The van der Waals surface area contributed by atoms with E-state index in [1.165, 1.54) is 30.6 Å². The van der Waals surface area contributed by atoms with Crippen molar-refractivity contribution in [1.29, 1.82) is 0 Å². The number of nitrogens with one attached hydrogen (secondary N) is 1. The van der Waals surface area contributed by atoms with Gasteiger partial charge in [-0.1, -0.05) is 33.1 Å². The molecule has 0 radical (unpaired) electrons. The van der Waals surface area contributed by atoms with Crippen molar-refractivity contribution >= 4 is 17.2 Å². The van der Waals surface area contributed by atoms with Gasteiger partial charge in [-0.05, 0) is 18.4 Å². The van der Waals surface area contributed by atoms with E-state index in [0.717, 1.165) is 23.7 Å². The number of rotatable bonds is 9. The van der Waals surface area contributed by atoms with Crippen LogP contribution in [0.4, 0.5) is 0 Å². The highest BCUT2D eigenvalue weighted by molar-refractivity contribution is 7.13. The molecular formula is C17H24N4OS. The average Bonchev–Trinajstić information content (AvgIpc) is 3.04. The average molecular weight is 332 g/mol. The van der Waals surface area contributed by atoms with E-state index in [0.29, 0.717) is 18.2 Å². The Labute approximate surface area is 141 Å². The second-order valence-corrected chi connectivity index (χ2v) is 6.47. The smallest absolute Gasteiger partial charge is 0.226 e. The molecule has 6 heteroatoms. The van der Waals surface area contributed by atoms with Crippen LogP contribution in [0.5, 0.6) is 0 Å². The second kappa shape index (κ2) is 9.35. The van der Waals surface area contributed by atoms with Crippen LogP contribution in [0.1, 0.15) is 45.2 Å². The lowest BCUT2D eigenvalue weighted by Gasteiger charge is -2.14. The molecule has 2 aromatic heterocycles. The van der Waals surface area contributed by atoms with Crippen LogP contribution in [0.3, 0.4) is 0 Å². The number of carbonyl (C=O) groups is 1. The molecule has 1 N–H and O–H groups in total. The summed E-state index contributed by atoms with van der Waals surface area (Å²) in [5, 5.41) is 5.69. The normalized spacial score (nSPS) is 12.1. The van der Waals surface area contributed by atoms with Gasteiger partial charge in [0.2, 0.25) is 5.91 Å². The standard InChI is InChI=1S/C17H24N4OS/c1-3-5-7-13(4-2)11-20-15(22)10-14-12-23-17(21-14)16-18-8-6-9-19-16/h6,8-9,12-13H,3-5,7,10-11H2,1-2H3,(H,20,22)/t13-/m0/s1. The summed E-state index contributed by atoms with van der Waals surface area (Å²) < 4.78 is 0. The van der Waals surface area contributed by atoms with Gasteiger partial charge < -0.3 is 5.32 Å². The molecule has 0 aromatic carbocycles. The maximum atomic E-state index is 12.1. The molecule has 0 unspecified atom stereocenters. The first kappa shape index (κ1) is 17.5. The van der Waals surface area contributed by atoms with E-state index in [1.807, 2.05) is 5.38 Å². The zero-order valence-electron chi connectivity index (χ0n) is 13.8. The lowest BCUT2D eigenvalue weighted by Crippen LogP contribution is -2.30. The monoisotopic (exact) mass is 332 g/mol. The molecule has 0 saturated heterocycles. The molecule has 124 valence electrons. The zero-order chi connectivity index (χ0) is 16.5. The topological polar surface area (TPSA) is 67.8 Å². The molecule has 1 amide bonds. The number of amides is 1. The quantitative estimate of drug-likeness (QED) is 0.763. The summed E-state index contributed by atoms with van der Waals surface area (Å²) in [7, 11) is 0. The zero-order valence-corrected chi connectivity index (χ0v) is 14.6. The van der Waals surface area contributed by atoms with Crippen molar-refractivity contribution in [2.45, 2.75) is 46.0 Å². The predicted molar refractivity (Wildman–Crippen MR) is 93.2 cm³/mol. The number of unbranched alkanes of at least 4 members (excludes halogenated alkanes) is 1. The highest BCUT2D eigenvalue weighted by atomic mass is 32.1. The predicted octanol–water partition coefficient (Wildman–Crippen LogP) is 3.48. The molecule has 2 aromatic rings. The van der Waals surface area contributed by atoms with Crippen LogP contribution in [-0.4, -0.2) is 27.4 Å².